The van der Waals surface area contributed by atoms with Gasteiger partial charge >= 0.3 is 8.07 Å². The molecule has 0 N–H and O–H groups in total. The molecule has 0 aromatic heterocycles. The lowest BCUT2D eigenvalue weighted by molar-refractivity contribution is 1.77. The van der Waals surface area contributed by atoms with Crippen LogP contribution in [0.4, 0.5) is 0 Å². The predicted molar refractivity (Wildman–Crippen MR) is 64.7 cm³/mol. The molecule has 2 heteroatoms. The molecule has 0 radical (unpaired) electrons. The van der Waals surface area contributed by atoms with Crippen molar-refractivity contribution in [2.75, 3.05) is 0 Å². The van der Waals surface area contributed by atoms with Gasteiger partial charge in [0.15, 0.2) is 0 Å². The fourth-order valence-electron chi connectivity index (χ4n) is 0.644. The molecule has 0 saturated heterocycles. The summed E-state index contributed by atoms with van der Waals surface area (Å²) in [6.07, 6.45) is 16.0. The highest BCUT2D eigenvalue weighted by molar-refractivity contribution is 7.05. The van der Waals surface area contributed by atoms with Crippen molar-refractivity contribution in [3.63, 3.8) is 0 Å². The van der Waals surface area contributed by atoms with Gasteiger partial charge in [-0.05, 0) is 0 Å². The summed E-state index contributed by atoms with van der Waals surface area (Å²) in [6.45, 7) is 6.64. The first kappa shape index (κ1) is 11.9. The molecule has 0 nitrogen and oxygen atoms in total. The van der Waals surface area contributed by atoms with Crippen LogP contribution in [0.5, 0.6) is 0 Å². The van der Waals surface area contributed by atoms with Crippen molar-refractivity contribution in [1.29, 1.82) is 0 Å². The van der Waals surface area contributed by atoms with Gasteiger partial charge < -0.3 is 0 Å². The van der Waals surface area contributed by atoms with Gasteiger partial charge in [0, 0.05) is 0 Å². The largest absolute Gasteiger partial charge is 0.312 e. The molecular formula is C11H14Si2. The molecule has 0 heterocycles. The van der Waals surface area contributed by atoms with Crippen LogP contribution in [0.1, 0.15) is 0 Å². The Morgan fingerprint density at radius 1 is 0.846 bits per heavy atom. The first-order valence-corrected chi connectivity index (χ1v) is 9.68. The van der Waals surface area contributed by atoms with Crippen molar-refractivity contribution in [3.05, 3.63) is 11.4 Å². The van der Waals surface area contributed by atoms with E-state index in [0.717, 1.165) is 0 Å². The Morgan fingerprint density at radius 2 is 1.23 bits per heavy atom. The lowest BCUT2D eigenvalue weighted by atomic mass is 11.2. The second-order valence-electron chi connectivity index (χ2n) is 3.94. The van der Waals surface area contributed by atoms with Crippen molar-refractivity contribution in [2.45, 2.75) is 19.6 Å². The summed E-state index contributed by atoms with van der Waals surface area (Å²) in [5.74, 6) is 0. The molecule has 0 spiro atoms. The van der Waals surface area contributed by atoms with Crippen LogP contribution in [0.3, 0.4) is 0 Å². The summed E-state index contributed by atoms with van der Waals surface area (Å²) in [5, 5.41) is 0. The molecular weight excluding hydrogens is 188 g/mol. The molecule has 0 bridgehead atoms. The zero-order chi connectivity index (χ0) is 10.5. The number of terminal acetylenes is 3. The summed E-state index contributed by atoms with van der Waals surface area (Å²) < 4.78 is 0. The van der Waals surface area contributed by atoms with Gasteiger partial charge in [0.05, 0.1) is 8.07 Å². The molecule has 0 aromatic carbocycles. The smallest absolute Gasteiger partial charge is 0.124 e. The molecule has 0 saturated carbocycles. The molecule has 66 valence electrons. The summed E-state index contributed by atoms with van der Waals surface area (Å²) in [6, 6.07) is 0. The standard InChI is InChI=1S/C11H14Si2/c1-7-13(8-2,9-3)11-10-12(4,5)6/h1-3,10-11H,4-6H3. The van der Waals surface area contributed by atoms with Crippen LogP contribution in [0, 0.1) is 35.9 Å². The Balaban J connectivity index is 4.92. The summed E-state index contributed by atoms with van der Waals surface area (Å²) in [5.41, 5.74) is 11.8. The third-order valence-corrected chi connectivity index (χ3v) is 5.05. The van der Waals surface area contributed by atoms with Crippen molar-refractivity contribution < 1.29 is 0 Å². The van der Waals surface area contributed by atoms with Crippen molar-refractivity contribution in [2.24, 2.45) is 0 Å². The highest BCUT2D eigenvalue weighted by Crippen LogP contribution is 2.07. The monoisotopic (exact) mass is 202 g/mol. The van der Waals surface area contributed by atoms with E-state index >= 15 is 0 Å². The van der Waals surface area contributed by atoms with Crippen LogP contribution in [-0.2, 0) is 0 Å². The maximum absolute atomic E-state index is 5.35. The van der Waals surface area contributed by atoms with E-state index in [9.17, 15) is 0 Å². The van der Waals surface area contributed by atoms with E-state index in [1.807, 2.05) is 5.70 Å². The highest BCUT2D eigenvalue weighted by Gasteiger charge is 2.23. The van der Waals surface area contributed by atoms with Gasteiger partial charge in [-0.25, -0.2) is 0 Å². The minimum Gasteiger partial charge on any atom is -0.124 e. The Hall–Kier alpha value is -1.15. The van der Waals surface area contributed by atoms with Crippen LogP contribution in [-0.4, -0.2) is 16.1 Å². The average molecular weight is 202 g/mol. The average Bonchev–Trinajstić information content (AvgIpc) is 2.06. The molecule has 0 aromatic rings. The fourth-order valence-corrected chi connectivity index (χ4v) is 4.18. The van der Waals surface area contributed by atoms with E-state index in [-0.39, 0.29) is 0 Å². The first-order valence-electron chi connectivity index (χ1n) is 4.03. The van der Waals surface area contributed by atoms with Crippen molar-refractivity contribution in [3.8, 4) is 35.9 Å². The molecule has 0 amide bonds. The van der Waals surface area contributed by atoms with Gasteiger partial charge in [-0.1, -0.05) is 47.7 Å². The quantitative estimate of drug-likeness (QED) is 0.474. The van der Waals surface area contributed by atoms with Gasteiger partial charge in [-0.3, -0.25) is 0 Å². The molecule has 13 heavy (non-hydrogen) atoms. The van der Waals surface area contributed by atoms with Gasteiger partial charge in [0.2, 0.25) is 0 Å². The summed E-state index contributed by atoms with van der Waals surface area (Å²) in [7, 11) is -3.64. The van der Waals surface area contributed by atoms with E-state index in [0.29, 0.717) is 0 Å². The molecule has 0 fully saturated rings. The van der Waals surface area contributed by atoms with Gasteiger partial charge in [0.25, 0.3) is 0 Å². The Labute approximate surface area is 83.5 Å². The topological polar surface area (TPSA) is 0 Å². The summed E-state index contributed by atoms with van der Waals surface area (Å²) >= 11 is 0. The second kappa shape index (κ2) is 4.19. The lowest BCUT2D eigenvalue weighted by Gasteiger charge is -2.11. The van der Waals surface area contributed by atoms with E-state index < -0.39 is 16.1 Å². The Morgan fingerprint density at radius 3 is 1.46 bits per heavy atom. The molecule has 0 atom stereocenters. The van der Waals surface area contributed by atoms with Gasteiger partial charge in [-0.15, -0.1) is 19.3 Å². The number of hydrogen-bond acceptors (Lipinski definition) is 0. The molecule has 0 unspecified atom stereocenters. The minimum absolute atomic E-state index is 1.25. The zero-order valence-corrected chi connectivity index (χ0v) is 10.4. The van der Waals surface area contributed by atoms with Crippen LogP contribution in [0.15, 0.2) is 11.4 Å². The Kier molecular flexibility index (Phi) is 3.82. The third-order valence-electron chi connectivity index (χ3n) is 1.52. The third kappa shape index (κ3) is 3.86. The van der Waals surface area contributed by atoms with Gasteiger partial charge in [-0.2, -0.15) is 0 Å². The SMILES string of the molecule is C#C[Si](C#C)(C#C)C=C[Si](C)(C)C. The predicted octanol–water partition coefficient (Wildman–Crippen LogP) is 1.93. The second-order valence-corrected chi connectivity index (χ2v) is 11.8. The van der Waals surface area contributed by atoms with E-state index in [2.05, 4.69) is 42.0 Å². The van der Waals surface area contributed by atoms with E-state index in [1.54, 1.807) is 0 Å². The van der Waals surface area contributed by atoms with E-state index in [1.165, 1.54) is 0 Å². The number of hydrogen-bond donors (Lipinski definition) is 0. The van der Waals surface area contributed by atoms with Crippen LogP contribution in [0.2, 0.25) is 19.6 Å². The van der Waals surface area contributed by atoms with Gasteiger partial charge in [0.1, 0.15) is 0 Å². The maximum Gasteiger partial charge on any atom is 0.312 e. The highest BCUT2D eigenvalue weighted by atomic mass is 28.3. The van der Waals surface area contributed by atoms with Crippen molar-refractivity contribution >= 4 is 16.1 Å². The zero-order valence-electron chi connectivity index (χ0n) is 8.39. The fraction of sp³-hybridized carbons (Fsp3) is 0.273. The Bertz CT molecular complexity index is 287. The lowest BCUT2D eigenvalue weighted by Crippen LogP contribution is -2.29. The van der Waals surface area contributed by atoms with Crippen molar-refractivity contribution in [1.82, 2.24) is 0 Å². The molecule has 0 rings (SSSR count). The molecule has 0 aliphatic carbocycles. The first-order chi connectivity index (χ1) is 5.89. The molecule has 0 aliphatic heterocycles. The van der Waals surface area contributed by atoms with E-state index in [4.69, 9.17) is 19.3 Å². The number of rotatable bonds is 2. The summed E-state index contributed by atoms with van der Waals surface area (Å²) in [4.78, 5) is 0. The maximum atomic E-state index is 5.35. The molecule has 0 aliphatic rings. The van der Waals surface area contributed by atoms with Crippen LogP contribution >= 0.6 is 0 Å². The minimum atomic E-state index is -2.39. The van der Waals surface area contributed by atoms with Crippen LogP contribution < -0.4 is 0 Å². The van der Waals surface area contributed by atoms with Crippen LogP contribution in [0.25, 0.3) is 0 Å². The normalized spacial score (nSPS) is 11.7.